The Morgan fingerprint density at radius 1 is 1.41 bits per heavy atom. The Kier molecular flexibility index (Phi) is 3.79. The van der Waals surface area contributed by atoms with Gasteiger partial charge in [-0.3, -0.25) is 0 Å². The minimum Gasteiger partial charge on any atom is -0.465 e. The summed E-state index contributed by atoms with van der Waals surface area (Å²) < 4.78 is 4.72. The second-order valence-electron chi connectivity index (χ2n) is 4.69. The summed E-state index contributed by atoms with van der Waals surface area (Å²) >= 11 is 0. The lowest BCUT2D eigenvalue weighted by atomic mass is 9.91. The van der Waals surface area contributed by atoms with E-state index in [1.807, 2.05) is 18.2 Å². The number of rotatable bonds is 3. The summed E-state index contributed by atoms with van der Waals surface area (Å²) in [5.74, 6) is 0.258. The molecule has 0 aliphatic heterocycles. The standard InChI is InChI=1S/C14H19NO2/c1-17-14(16)12-8-4-7-11(9-12)13(15)10-5-2-3-6-10/h4,7-10,13H,2-3,5-6,15H2,1H3. The largest absolute Gasteiger partial charge is 0.465 e. The highest BCUT2D eigenvalue weighted by atomic mass is 16.5. The molecule has 1 aliphatic rings. The maximum absolute atomic E-state index is 11.4. The van der Waals surface area contributed by atoms with Gasteiger partial charge in [0.25, 0.3) is 0 Å². The van der Waals surface area contributed by atoms with Crippen LogP contribution in [-0.4, -0.2) is 13.1 Å². The Hall–Kier alpha value is -1.35. The van der Waals surface area contributed by atoms with E-state index in [2.05, 4.69) is 0 Å². The van der Waals surface area contributed by atoms with E-state index in [9.17, 15) is 4.79 Å². The van der Waals surface area contributed by atoms with Gasteiger partial charge in [0.2, 0.25) is 0 Å². The fraction of sp³-hybridized carbons (Fsp3) is 0.500. The molecular formula is C14H19NO2. The molecule has 3 heteroatoms. The Labute approximate surface area is 102 Å². The van der Waals surface area contributed by atoms with Crippen LogP contribution in [0.1, 0.15) is 47.6 Å². The summed E-state index contributed by atoms with van der Waals surface area (Å²) in [6.07, 6.45) is 4.94. The van der Waals surface area contributed by atoms with Crippen molar-refractivity contribution in [2.75, 3.05) is 7.11 Å². The summed E-state index contributed by atoms with van der Waals surface area (Å²) in [7, 11) is 1.39. The van der Waals surface area contributed by atoms with Crippen LogP contribution in [0.4, 0.5) is 0 Å². The van der Waals surface area contributed by atoms with Crippen LogP contribution >= 0.6 is 0 Å². The number of carbonyl (C=O) groups is 1. The molecule has 2 N–H and O–H groups in total. The number of benzene rings is 1. The molecule has 0 bridgehead atoms. The Morgan fingerprint density at radius 2 is 2.12 bits per heavy atom. The van der Waals surface area contributed by atoms with Crippen molar-refractivity contribution in [1.82, 2.24) is 0 Å². The highest BCUT2D eigenvalue weighted by molar-refractivity contribution is 5.89. The van der Waals surface area contributed by atoms with Crippen LogP contribution in [0.5, 0.6) is 0 Å². The van der Waals surface area contributed by atoms with Crippen LogP contribution in [0.25, 0.3) is 0 Å². The number of carbonyl (C=O) groups excluding carboxylic acids is 1. The molecule has 1 unspecified atom stereocenters. The van der Waals surface area contributed by atoms with Crippen LogP contribution < -0.4 is 5.73 Å². The number of hydrogen-bond donors (Lipinski definition) is 1. The molecule has 0 spiro atoms. The van der Waals surface area contributed by atoms with Crippen molar-refractivity contribution in [2.24, 2.45) is 11.7 Å². The molecule has 0 saturated heterocycles. The lowest BCUT2D eigenvalue weighted by Crippen LogP contribution is -2.19. The van der Waals surface area contributed by atoms with Gasteiger partial charge < -0.3 is 10.5 Å². The minimum absolute atomic E-state index is 0.0436. The quantitative estimate of drug-likeness (QED) is 0.816. The summed E-state index contributed by atoms with van der Waals surface area (Å²) in [5.41, 5.74) is 7.88. The Morgan fingerprint density at radius 3 is 2.76 bits per heavy atom. The van der Waals surface area contributed by atoms with E-state index >= 15 is 0 Å². The lowest BCUT2D eigenvalue weighted by Gasteiger charge is -2.19. The molecule has 0 radical (unpaired) electrons. The molecule has 1 saturated carbocycles. The normalized spacial score (nSPS) is 18.0. The highest BCUT2D eigenvalue weighted by Crippen LogP contribution is 2.34. The van der Waals surface area contributed by atoms with Crippen molar-refractivity contribution in [3.05, 3.63) is 35.4 Å². The van der Waals surface area contributed by atoms with Gasteiger partial charge in [0, 0.05) is 6.04 Å². The molecule has 1 aliphatic carbocycles. The predicted molar refractivity (Wildman–Crippen MR) is 66.7 cm³/mol. The number of methoxy groups -OCH3 is 1. The maximum Gasteiger partial charge on any atom is 0.337 e. The van der Waals surface area contributed by atoms with Crippen LogP contribution in [0, 0.1) is 5.92 Å². The van der Waals surface area contributed by atoms with Crippen molar-refractivity contribution in [1.29, 1.82) is 0 Å². The van der Waals surface area contributed by atoms with E-state index < -0.39 is 0 Å². The monoisotopic (exact) mass is 233 g/mol. The van der Waals surface area contributed by atoms with Gasteiger partial charge >= 0.3 is 5.97 Å². The molecule has 1 atom stereocenters. The summed E-state index contributed by atoms with van der Waals surface area (Å²) in [6.45, 7) is 0. The van der Waals surface area contributed by atoms with Gasteiger partial charge in [0.15, 0.2) is 0 Å². The van der Waals surface area contributed by atoms with Crippen LogP contribution in [0.2, 0.25) is 0 Å². The van der Waals surface area contributed by atoms with Gasteiger partial charge in [-0.1, -0.05) is 25.0 Å². The third kappa shape index (κ3) is 2.67. The van der Waals surface area contributed by atoms with Crippen molar-refractivity contribution >= 4 is 5.97 Å². The second-order valence-corrected chi connectivity index (χ2v) is 4.69. The lowest BCUT2D eigenvalue weighted by molar-refractivity contribution is 0.0600. The van der Waals surface area contributed by atoms with Gasteiger partial charge in [-0.2, -0.15) is 0 Å². The predicted octanol–water partition coefficient (Wildman–Crippen LogP) is 2.66. The first-order valence-corrected chi connectivity index (χ1v) is 6.16. The highest BCUT2D eigenvalue weighted by Gasteiger charge is 2.23. The Bertz CT molecular complexity index is 397. The SMILES string of the molecule is COC(=O)c1cccc(C(N)C2CCCC2)c1. The van der Waals surface area contributed by atoms with E-state index in [0.29, 0.717) is 11.5 Å². The zero-order valence-corrected chi connectivity index (χ0v) is 10.2. The molecule has 1 aromatic rings. The van der Waals surface area contributed by atoms with E-state index in [1.54, 1.807) is 6.07 Å². The molecule has 3 nitrogen and oxygen atoms in total. The zero-order chi connectivity index (χ0) is 12.3. The average Bonchev–Trinajstić information content (AvgIpc) is 2.91. The fourth-order valence-electron chi connectivity index (χ4n) is 2.58. The summed E-state index contributed by atoms with van der Waals surface area (Å²) in [4.78, 5) is 11.4. The minimum atomic E-state index is -0.300. The van der Waals surface area contributed by atoms with Gasteiger partial charge in [-0.15, -0.1) is 0 Å². The first kappa shape index (κ1) is 12.1. The number of nitrogens with two attached hydrogens (primary N) is 1. The number of ether oxygens (including phenoxy) is 1. The first-order chi connectivity index (χ1) is 8.22. The molecule has 0 heterocycles. The molecular weight excluding hydrogens is 214 g/mol. The van der Waals surface area contributed by atoms with Crippen molar-refractivity contribution in [3.63, 3.8) is 0 Å². The van der Waals surface area contributed by atoms with Crippen molar-refractivity contribution in [2.45, 2.75) is 31.7 Å². The molecule has 17 heavy (non-hydrogen) atoms. The van der Waals surface area contributed by atoms with Crippen molar-refractivity contribution in [3.8, 4) is 0 Å². The molecule has 92 valence electrons. The Balaban J connectivity index is 2.17. The topological polar surface area (TPSA) is 52.3 Å². The average molecular weight is 233 g/mol. The molecule has 1 fully saturated rings. The zero-order valence-electron chi connectivity index (χ0n) is 10.2. The van der Waals surface area contributed by atoms with Gasteiger partial charge in [0.05, 0.1) is 12.7 Å². The van der Waals surface area contributed by atoms with Crippen LogP contribution in [0.15, 0.2) is 24.3 Å². The molecule has 0 aromatic heterocycles. The molecule has 1 aromatic carbocycles. The van der Waals surface area contributed by atoms with E-state index in [0.717, 1.165) is 5.56 Å². The van der Waals surface area contributed by atoms with Gasteiger partial charge in [0.1, 0.15) is 0 Å². The second kappa shape index (κ2) is 5.32. The van der Waals surface area contributed by atoms with E-state index in [4.69, 9.17) is 10.5 Å². The third-order valence-electron chi connectivity index (χ3n) is 3.60. The van der Waals surface area contributed by atoms with E-state index in [-0.39, 0.29) is 12.0 Å². The number of hydrogen-bond acceptors (Lipinski definition) is 3. The third-order valence-corrected chi connectivity index (χ3v) is 3.60. The molecule has 0 amide bonds. The fourth-order valence-corrected chi connectivity index (χ4v) is 2.58. The number of esters is 1. The van der Waals surface area contributed by atoms with E-state index in [1.165, 1.54) is 32.8 Å². The first-order valence-electron chi connectivity index (χ1n) is 6.16. The van der Waals surface area contributed by atoms with Gasteiger partial charge in [-0.05, 0) is 36.5 Å². The summed E-state index contributed by atoms with van der Waals surface area (Å²) in [6, 6.07) is 7.53. The van der Waals surface area contributed by atoms with Gasteiger partial charge in [-0.25, -0.2) is 4.79 Å². The van der Waals surface area contributed by atoms with Crippen LogP contribution in [-0.2, 0) is 4.74 Å². The maximum atomic E-state index is 11.4. The van der Waals surface area contributed by atoms with Crippen LogP contribution in [0.3, 0.4) is 0 Å². The van der Waals surface area contributed by atoms with Crippen molar-refractivity contribution < 1.29 is 9.53 Å². The smallest absolute Gasteiger partial charge is 0.337 e. The summed E-state index contributed by atoms with van der Waals surface area (Å²) in [5, 5.41) is 0. The molecule has 2 rings (SSSR count).